The number of hydrogen-bond acceptors (Lipinski definition) is 1. The summed E-state index contributed by atoms with van der Waals surface area (Å²) in [7, 11) is 0. The van der Waals surface area contributed by atoms with E-state index in [1.165, 1.54) is 18.2 Å². The minimum atomic E-state index is -0.555. The molecule has 0 aliphatic carbocycles. The summed E-state index contributed by atoms with van der Waals surface area (Å²) >= 11 is 0. The van der Waals surface area contributed by atoms with Gasteiger partial charge in [0.05, 0.1) is 6.67 Å². The Labute approximate surface area is 63.8 Å². The molecule has 0 heterocycles. The van der Waals surface area contributed by atoms with Crippen LogP contribution in [0.5, 0.6) is 0 Å². The zero-order chi connectivity index (χ0) is 8.27. The quantitative estimate of drug-likeness (QED) is 0.652. The zero-order valence-corrected chi connectivity index (χ0v) is 5.98. The van der Waals surface area contributed by atoms with Crippen LogP contribution in [0.1, 0.15) is 5.56 Å². The first-order chi connectivity index (χ1) is 5.24. The third kappa shape index (κ3) is 1.90. The van der Waals surface area contributed by atoms with Gasteiger partial charge in [0, 0.05) is 12.1 Å². The van der Waals surface area contributed by atoms with Crippen LogP contribution in [0.4, 0.5) is 14.5 Å². The van der Waals surface area contributed by atoms with Gasteiger partial charge in [-0.2, -0.15) is 0 Å². The molecule has 0 aliphatic heterocycles. The van der Waals surface area contributed by atoms with E-state index in [0.717, 1.165) is 0 Å². The topological polar surface area (TPSA) is 26.0 Å². The van der Waals surface area contributed by atoms with E-state index in [2.05, 4.69) is 0 Å². The fraction of sp³-hybridized carbons (Fsp3) is 0.250. The number of anilines is 1. The maximum Gasteiger partial charge on any atom is 0.126 e. The van der Waals surface area contributed by atoms with E-state index in [0.29, 0.717) is 11.3 Å². The average molecular weight is 157 g/mol. The molecule has 0 aliphatic rings. The minimum absolute atomic E-state index is 0.0941. The Morgan fingerprint density at radius 2 is 2.09 bits per heavy atom. The van der Waals surface area contributed by atoms with E-state index in [1.807, 2.05) is 0 Å². The highest BCUT2D eigenvalue weighted by Gasteiger charge is 2.00. The molecule has 0 amide bonds. The number of nitrogens with two attached hydrogens (primary N) is 1. The van der Waals surface area contributed by atoms with Gasteiger partial charge in [-0.25, -0.2) is 4.39 Å². The second-order valence-electron chi connectivity index (χ2n) is 2.29. The maximum atomic E-state index is 12.7. The lowest BCUT2D eigenvalue weighted by molar-refractivity contribution is 0.486. The average Bonchev–Trinajstić information content (AvgIpc) is 1.98. The molecule has 0 saturated carbocycles. The van der Waals surface area contributed by atoms with Crippen LogP contribution in [0.15, 0.2) is 18.2 Å². The van der Waals surface area contributed by atoms with Crippen LogP contribution >= 0.6 is 0 Å². The fourth-order valence-corrected chi connectivity index (χ4v) is 0.888. The van der Waals surface area contributed by atoms with Crippen molar-refractivity contribution >= 4 is 5.69 Å². The number of halogens is 2. The van der Waals surface area contributed by atoms with Crippen LogP contribution in [0, 0.1) is 5.82 Å². The Morgan fingerprint density at radius 1 is 1.36 bits per heavy atom. The largest absolute Gasteiger partial charge is 0.399 e. The summed E-state index contributed by atoms with van der Waals surface area (Å²) in [4.78, 5) is 0. The van der Waals surface area contributed by atoms with Crippen molar-refractivity contribution in [1.82, 2.24) is 0 Å². The van der Waals surface area contributed by atoms with Gasteiger partial charge in [0.15, 0.2) is 0 Å². The molecule has 0 unspecified atom stereocenters. The highest BCUT2D eigenvalue weighted by atomic mass is 19.1. The van der Waals surface area contributed by atoms with Crippen molar-refractivity contribution in [2.75, 3.05) is 12.4 Å². The first kappa shape index (κ1) is 7.98. The van der Waals surface area contributed by atoms with Gasteiger partial charge in [-0.15, -0.1) is 0 Å². The van der Waals surface area contributed by atoms with E-state index in [-0.39, 0.29) is 6.42 Å². The third-order valence-corrected chi connectivity index (χ3v) is 1.43. The highest BCUT2D eigenvalue weighted by molar-refractivity contribution is 5.41. The third-order valence-electron chi connectivity index (χ3n) is 1.43. The number of nitrogen functional groups attached to an aromatic ring is 1. The maximum absolute atomic E-state index is 12.7. The van der Waals surface area contributed by atoms with Gasteiger partial charge < -0.3 is 5.73 Å². The molecule has 0 bridgehead atoms. The van der Waals surface area contributed by atoms with E-state index in [1.54, 1.807) is 0 Å². The van der Waals surface area contributed by atoms with Crippen molar-refractivity contribution in [1.29, 1.82) is 0 Å². The summed E-state index contributed by atoms with van der Waals surface area (Å²) in [6.45, 7) is -0.555. The molecule has 2 N–H and O–H groups in total. The van der Waals surface area contributed by atoms with Gasteiger partial charge in [0.1, 0.15) is 5.82 Å². The van der Waals surface area contributed by atoms with Crippen molar-refractivity contribution in [3.63, 3.8) is 0 Å². The molecule has 1 aromatic rings. The molecule has 0 radical (unpaired) electrons. The van der Waals surface area contributed by atoms with Crippen LogP contribution in [0.2, 0.25) is 0 Å². The number of aryl methyl sites for hydroxylation is 1. The lowest BCUT2D eigenvalue weighted by Gasteiger charge is -2.00. The monoisotopic (exact) mass is 157 g/mol. The Bertz CT molecular complexity index is 248. The molecule has 1 rings (SSSR count). The van der Waals surface area contributed by atoms with Gasteiger partial charge in [-0.05, 0) is 23.8 Å². The second kappa shape index (κ2) is 3.32. The van der Waals surface area contributed by atoms with Gasteiger partial charge in [-0.1, -0.05) is 0 Å². The van der Waals surface area contributed by atoms with Crippen LogP contribution in [0.25, 0.3) is 0 Å². The SMILES string of the molecule is Nc1ccc(F)c(CCF)c1. The summed E-state index contributed by atoms with van der Waals surface area (Å²) in [6.07, 6.45) is 0.0941. The van der Waals surface area contributed by atoms with Crippen molar-refractivity contribution in [3.8, 4) is 0 Å². The standard InChI is InChI=1S/C8H9F2N/c9-4-3-6-5-7(11)1-2-8(6)10/h1-2,5H,3-4,11H2. The molecule has 0 spiro atoms. The molecule has 3 heteroatoms. The lowest BCUT2D eigenvalue weighted by Crippen LogP contribution is -1.94. The summed E-state index contributed by atoms with van der Waals surface area (Å²) in [5.74, 6) is -0.392. The van der Waals surface area contributed by atoms with Crippen LogP contribution in [-0.4, -0.2) is 6.67 Å². The first-order valence-electron chi connectivity index (χ1n) is 3.34. The molecule has 0 aromatic heterocycles. The van der Waals surface area contributed by atoms with Crippen molar-refractivity contribution in [2.45, 2.75) is 6.42 Å². The number of hydrogen-bond donors (Lipinski definition) is 1. The fourth-order valence-electron chi connectivity index (χ4n) is 0.888. The lowest BCUT2D eigenvalue weighted by atomic mass is 10.1. The van der Waals surface area contributed by atoms with Crippen LogP contribution < -0.4 is 5.73 Å². The first-order valence-corrected chi connectivity index (χ1v) is 3.34. The summed E-state index contributed by atoms with van der Waals surface area (Å²) in [6, 6.07) is 4.16. The minimum Gasteiger partial charge on any atom is -0.399 e. The molecule has 11 heavy (non-hydrogen) atoms. The van der Waals surface area contributed by atoms with Gasteiger partial charge in [0.2, 0.25) is 0 Å². The Balaban J connectivity index is 2.93. The molecule has 1 aromatic carbocycles. The zero-order valence-electron chi connectivity index (χ0n) is 5.98. The second-order valence-corrected chi connectivity index (χ2v) is 2.29. The molecule has 0 atom stereocenters. The predicted molar refractivity (Wildman–Crippen MR) is 40.5 cm³/mol. The van der Waals surface area contributed by atoms with E-state index >= 15 is 0 Å². The van der Waals surface area contributed by atoms with E-state index < -0.39 is 12.5 Å². The number of benzene rings is 1. The van der Waals surface area contributed by atoms with E-state index in [4.69, 9.17) is 5.73 Å². The predicted octanol–water partition coefficient (Wildman–Crippen LogP) is 1.92. The smallest absolute Gasteiger partial charge is 0.126 e. The molecule has 0 fully saturated rings. The number of rotatable bonds is 2. The van der Waals surface area contributed by atoms with Crippen molar-refractivity contribution < 1.29 is 8.78 Å². The van der Waals surface area contributed by atoms with Crippen LogP contribution in [0.3, 0.4) is 0 Å². The Kier molecular flexibility index (Phi) is 2.41. The van der Waals surface area contributed by atoms with Crippen LogP contribution in [-0.2, 0) is 6.42 Å². The molecular formula is C8H9F2N. The summed E-state index contributed by atoms with van der Waals surface area (Å²) < 4.78 is 24.5. The normalized spacial score (nSPS) is 10.0. The molecular weight excluding hydrogens is 148 g/mol. The highest BCUT2D eigenvalue weighted by Crippen LogP contribution is 2.12. The summed E-state index contributed by atoms with van der Waals surface area (Å²) in [5, 5.41) is 0. The van der Waals surface area contributed by atoms with Gasteiger partial charge >= 0.3 is 0 Å². The van der Waals surface area contributed by atoms with Crippen molar-refractivity contribution in [2.24, 2.45) is 0 Å². The Morgan fingerprint density at radius 3 is 2.73 bits per heavy atom. The molecule has 1 nitrogen and oxygen atoms in total. The number of alkyl halides is 1. The molecule has 60 valence electrons. The van der Waals surface area contributed by atoms with E-state index in [9.17, 15) is 8.78 Å². The van der Waals surface area contributed by atoms with Gasteiger partial charge in [0.25, 0.3) is 0 Å². The van der Waals surface area contributed by atoms with Gasteiger partial charge in [-0.3, -0.25) is 4.39 Å². The molecule has 0 saturated heterocycles. The Hall–Kier alpha value is -1.12. The summed E-state index contributed by atoms with van der Waals surface area (Å²) in [5.41, 5.74) is 6.18. The van der Waals surface area contributed by atoms with Crippen molar-refractivity contribution in [3.05, 3.63) is 29.6 Å².